The van der Waals surface area contributed by atoms with Gasteiger partial charge in [0.2, 0.25) is 0 Å². The normalized spacial score (nSPS) is 10.4. The van der Waals surface area contributed by atoms with Gasteiger partial charge in [0.1, 0.15) is 5.69 Å². The van der Waals surface area contributed by atoms with Gasteiger partial charge in [0.05, 0.1) is 5.69 Å². The average molecular weight is 214 g/mol. The number of aromatic amines is 1. The molecule has 2 aromatic rings. The van der Waals surface area contributed by atoms with E-state index in [9.17, 15) is 4.79 Å². The third kappa shape index (κ3) is 1.89. The summed E-state index contributed by atoms with van der Waals surface area (Å²) in [6.45, 7) is 5.76. The third-order valence-electron chi connectivity index (χ3n) is 2.66. The largest absolute Gasteiger partial charge is 0.323 e. The van der Waals surface area contributed by atoms with Gasteiger partial charge in [-0.05, 0) is 20.8 Å². The fourth-order valence-corrected chi connectivity index (χ4v) is 1.53. The summed E-state index contributed by atoms with van der Waals surface area (Å²) in [6.07, 6.45) is 0. The van der Waals surface area contributed by atoms with Crippen LogP contribution in [0.25, 0.3) is 11.3 Å². The van der Waals surface area contributed by atoms with Crippen molar-refractivity contribution in [1.82, 2.24) is 9.97 Å². The molecule has 2 rings (SSSR count). The summed E-state index contributed by atoms with van der Waals surface area (Å²) in [4.78, 5) is 18.9. The van der Waals surface area contributed by atoms with E-state index in [1.807, 2.05) is 45.0 Å². The summed E-state index contributed by atoms with van der Waals surface area (Å²) in [5.74, 6) is 0. The Labute approximate surface area is 94.2 Å². The highest BCUT2D eigenvalue weighted by Crippen LogP contribution is 2.14. The van der Waals surface area contributed by atoms with Crippen molar-refractivity contribution in [3.63, 3.8) is 0 Å². The van der Waals surface area contributed by atoms with E-state index in [0.717, 1.165) is 17.0 Å². The maximum atomic E-state index is 11.8. The zero-order valence-electron chi connectivity index (χ0n) is 9.66. The van der Waals surface area contributed by atoms with Gasteiger partial charge in [-0.2, -0.15) is 0 Å². The van der Waals surface area contributed by atoms with Crippen LogP contribution in [-0.4, -0.2) is 9.97 Å². The number of nitrogens with one attached hydrogen (secondary N) is 1. The number of aromatic nitrogens is 2. The van der Waals surface area contributed by atoms with Gasteiger partial charge < -0.3 is 4.98 Å². The molecule has 1 aromatic carbocycles. The van der Waals surface area contributed by atoms with E-state index >= 15 is 0 Å². The first kappa shape index (κ1) is 10.6. The van der Waals surface area contributed by atoms with E-state index < -0.39 is 0 Å². The van der Waals surface area contributed by atoms with Crippen molar-refractivity contribution < 1.29 is 0 Å². The summed E-state index contributed by atoms with van der Waals surface area (Å²) in [7, 11) is 0. The van der Waals surface area contributed by atoms with E-state index in [-0.39, 0.29) is 5.56 Å². The van der Waals surface area contributed by atoms with Crippen LogP contribution in [0, 0.1) is 20.8 Å². The third-order valence-corrected chi connectivity index (χ3v) is 2.66. The number of benzene rings is 1. The van der Waals surface area contributed by atoms with E-state index in [4.69, 9.17) is 0 Å². The second-order valence-electron chi connectivity index (χ2n) is 3.99. The first-order valence-electron chi connectivity index (χ1n) is 5.22. The van der Waals surface area contributed by atoms with Crippen molar-refractivity contribution in [3.8, 4) is 11.3 Å². The molecule has 1 heterocycles. The highest BCUT2D eigenvalue weighted by molar-refractivity contribution is 5.58. The zero-order chi connectivity index (χ0) is 11.7. The van der Waals surface area contributed by atoms with Crippen molar-refractivity contribution >= 4 is 0 Å². The quantitative estimate of drug-likeness (QED) is 0.792. The van der Waals surface area contributed by atoms with Crippen LogP contribution in [-0.2, 0) is 0 Å². The van der Waals surface area contributed by atoms with Crippen LogP contribution in [0.3, 0.4) is 0 Å². The van der Waals surface area contributed by atoms with Crippen molar-refractivity contribution in [1.29, 1.82) is 0 Å². The molecular weight excluding hydrogens is 200 g/mol. The maximum Gasteiger partial charge on any atom is 0.274 e. The molecule has 0 bridgehead atoms. The van der Waals surface area contributed by atoms with Crippen LogP contribution < -0.4 is 5.56 Å². The molecule has 3 heteroatoms. The number of H-pyrrole nitrogens is 1. The van der Waals surface area contributed by atoms with Crippen LogP contribution >= 0.6 is 0 Å². The summed E-state index contributed by atoms with van der Waals surface area (Å²) >= 11 is 0. The lowest BCUT2D eigenvalue weighted by molar-refractivity contribution is 1.02. The highest BCUT2D eigenvalue weighted by atomic mass is 16.1. The number of rotatable bonds is 1. The summed E-state index contributed by atoms with van der Waals surface area (Å²) in [5, 5.41) is 0. The highest BCUT2D eigenvalue weighted by Gasteiger charge is 2.06. The second kappa shape index (κ2) is 3.93. The lowest BCUT2D eigenvalue weighted by Gasteiger charge is -2.04. The van der Waals surface area contributed by atoms with Gasteiger partial charge >= 0.3 is 0 Å². The van der Waals surface area contributed by atoms with Crippen molar-refractivity contribution in [2.24, 2.45) is 0 Å². The van der Waals surface area contributed by atoms with Crippen LogP contribution in [0.4, 0.5) is 0 Å². The number of hydrogen-bond acceptors (Lipinski definition) is 2. The average Bonchev–Trinajstić information content (AvgIpc) is 2.25. The molecule has 0 fully saturated rings. The lowest BCUT2D eigenvalue weighted by atomic mass is 10.1. The minimum Gasteiger partial charge on any atom is -0.323 e. The molecule has 82 valence electrons. The van der Waals surface area contributed by atoms with Gasteiger partial charge in [0.25, 0.3) is 5.56 Å². The summed E-state index contributed by atoms with van der Waals surface area (Å²) in [5.41, 5.74) is 4.06. The van der Waals surface area contributed by atoms with E-state index in [0.29, 0.717) is 5.69 Å². The molecule has 0 unspecified atom stereocenters. The molecule has 0 amide bonds. The Morgan fingerprint density at radius 1 is 1.06 bits per heavy atom. The maximum absolute atomic E-state index is 11.8. The molecule has 1 N–H and O–H groups in total. The number of aryl methyl sites for hydroxylation is 3. The minimum absolute atomic E-state index is 0.132. The van der Waals surface area contributed by atoms with Crippen molar-refractivity contribution in [2.75, 3.05) is 0 Å². The fourth-order valence-electron chi connectivity index (χ4n) is 1.53. The first-order valence-corrected chi connectivity index (χ1v) is 5.22. The Balaban J connectivity index is 2.60. The van der Waals surface area contributed by atoms with E-state index in [2.05, 4.69) is 9.97 Å². The molecule has 16 heavy (non-hydrogen) atoms. The first-order chi connectivity index (χ1) is 7.58. The molecule has 0 saturated carbocycles. The zero-order valence-corrected chi connectivity index (χ0v) is 9.66. The molecule has 0 aliphatic rings. The van der Waals surface area contributed by atoms with Crippen molar-refractivity contribution in [2.45, 2.75) is 20.8 Å². The predicted octanol–water partition coefficient (Wildman–Crippen LogP) is 2.36. The Bertz CT molecular complexity index is 567. The Morgan fingerprint density at radius 2 is 1.69 bits per heavy atom. The molecule has 0 saturated heterocycles. The van der Waals surface area contributed by atoms with Gasteiger partial charge in [0.15, 0.2) is 0 Å². The van der Waals surface area contributed by atoms with Gasteiger partial charge in [-0.3, -0.25) is 4.79 Å². The van der Waals surface area contributed by atoms with E-state index in [1.165, 1.54) is 5.56 Å². The monoisotopic (exact) mass is 214 g/mol. The molecule has 0 aliphatic heterocycles. The smallest absolute Gasteiger partial charge is 0.274 e. The molecular formula is C13H14N2O. The van der Waals surface area contributed by atoms with Crippen LogP contribution in [0.2, 0.25) is 0 Å². The molecule has 0 aliphatic carbocycles. The molecule has 1 aromatic heterocycles. The molecule has 0 atom stereocenters. The van der Waals surface area contributed by atoms with Crippen LogP contribution in [0.1, 0.15) is 17.0 Å². The lowest BCUT2D eigenvalue weighted by Crippen LogP contribution is -2.14. The standard InChI is InChI=1S/C13H14N2O/c1-8-4-6-11(7-5-8)12-13(16)15-10(3)9(2)14-12/h4-7H,1-3H3,(H,15,16). The number of nitrogens with zero attached hydrogens (tertiary/aromatic N) is 1. The summed E-state index contributed by atoms with van der Waals surface area (Å²) in [6, 6.07) is 7.79. The summed E-state index contributed by atoms with van der Waals surface area (Å²) < 4.78 is 0. The number of hydrogen-bond donors (Lipinski definition) is 1. The van der Waals surface area contributed by atoms with Crippen LogP contribution in [0.5, 0.6) is 0 Å². The van der Waals surface area contributed by atoms with Gasteiger partial charge in [-0.15, -0.1) is 0 Å². The van der Waals surface area contributed by atoms with E-state index in [1.54, 1.807) is 0 Å². The second-order valence-corrected chi connectivity index (χ2v) is 3.99. The van der Waals surface area contributed by atoms with Crippen LogP contribution in [0.15, 0.2) is 29.1 Å². The minimum atomic E-state index is -0.132. The Kier molecular flexibility index (Phi) is 2.60. The van der Waals surface area contributed by atoms with Gasteiger partial charge in [-0.25, -0.2) is 4.98 Å². The predicted molar refractivity (Wildman–Crippen MR) is 64.5 cm³/mol. The topological polar surface area (TPSA) is 45.8 Å². The van der Waals surface area contributed by atoms with Gasteiger partial charge in [-0.1, -0.05) is 29.8 Å². The Hall–Kier alpha value is -1.90. The Morgan fingerprint density at radius 3 is 2.31 bits per heavy atom. The molecule has 0 spiro atoms. The van der Waals surface area contributed by atoms with Crippen molar-refractivity contribution in [3.05, 3.63) is 51.6 Å². The fraction of sp³-hybridized carbons (Fsp3) is 0.231. The molecule has 0 radical (unpaired) electrons. The SMILES string of the molecule is Cc1ccc(-c2nc(C)c(C)[nH]c2=O)cc1. The van der Waals surface area contributed by atoms with Gasteiger partial charge in [0, 0.05) is 11.3 Å². The molecule has 3 nitrogen and oxygen atoms in total.